The van der Waals surface area contributed by atoms with Crippen LogP contribution in [0.1, 0.15) is 16.0 Å². The van der Waals surface area contributed by atoms with Crippen LogP contribution in [0, 0.1) is 20.8 Å². The normalized spacial score (nSPS) is 15.1. The molecule has 0 bridgehead atoms. The number of aromatic nitrogens is 2. The molecule has 1 aliphatic rings. The number of morpholine rings is 1. The number of hydrogen-bond acceptors (Lipinski definition) is 8. The maximum atomic E-state index is 13.0. The lowest BCUT2D eigenvalue weighted by atomic mass is 10.2. The van der Waals surface area contributed by atoms with Crippen molar-refractivity contribution in [2.75, 3.05) is 38.2 Å². The molecule has 0 unspecified atom stereocenters. The molecule has 3 heterocycles. The molecule has 32 heavy (non-hydrogen) atoms. The van der Waals surface area contributed by atoms with Gasteiger partial charge in [-0.1, -0.05) is 6.07 Å². The van der Waals surface area contributed by atoms with E-state index in [4.69, 9.17) is 9.47 Å². The third kappa shape index (κ3) is 4.46. The second-order valence-electron chi connectivity index (χ2n) is 7.48. The maximum absolute atomic E-state index is 13.0. The summed E-state index contributed by atoms with van der Waals surface area (Å²) in [6.07, 6.45) is 1.41. The van der Waals surface area contributed by atoms with Crippen LogP contribution in [0.4, 0.5) is 5.69 Å². The van der Waals surface area contributed by atoms with E-state index < -0.39 is 15.9 Å². The summed E-state index contributed by atoms with van der Waals surface area (Å²) < 4.78 is 38.4. The Morgan fingerprint density at radius 2 is 1.97 bits per heavy atom. The Labute approximate surface area is 190 Å². The van der Waals surface area contributed by atoms with Crippen LogP contribution in [0.3, 0.4) is 0 Å². The molecular formula is C21H24N4O5S2. The van der Waals surface area contributed by atoms with Crippen molar-refractivity contribution in [1.82, 2.24) is 14.3 Å². The Balaban J connectivity index is 1.48. The van der Waals surface area contributed by atoms with Gasteiger partial charge in [0.25, 0.3) is 5.91 Å². The van der Waals surface area contributed by atoms with Gasteiger partial charge in [0, 0.05) is 23.7 Å². The van der Waals surface area contributed by atoms with Gasteiger partial charge in [-0.15, -0.1) is 11.3 Å². The highest BCUT2D eigenvalue weighted by Crippen LogP contribution is 2.33. The van der Waals surface area contributed by atoms with Crippen LogP contribution < -0.4 is 10.1 Å². The smallest absolute Gasteiger partial charge is 0.262 e. The summed E-state index contributed by atoms with van der Waals surface area (Å²) in [5.41, 5.74) is 2.02. The van der Waals surface area contributed by atoms with E-state index >= 15 is 0 Å². The van der Waals surface area contributed by atoms with Crippen molar-refractivity contribution in [3.05, 3.63) is 40.5 Å². The number of nitrogens with zero attached hydrogens (tertiary/aromatic N) is 3. The highest BCUT2D eigenvalue weighted by Gasteiger charge is 2.28. The molecule has 0 atom stereocenters. The molecule has 1 saturated heterocycles. The largest absolute Gasteiger partial charge is 0.467 e. The SMILES string of the molecule is Cc1ccc(NC(=O)COc2ncnc3sc(C)c(C)c23)cc1S(=O)(=O)N1CCOCC1. The molecule has 1 N–H and O–H groups in total. The monoisotopic (exact) mass is 476 g/mol. The van der Waals surface area contributed by atoms with Crippen LogP contribution in [-0.4, -0.2) is 61.5 Å². The fraction of sp³-hybridized carbons (Fsp3) is 0.381. The molecular weight excluding hydrogens is 452 g/mol. The lowest BCUT2D eigenvalue weighted by Gasteiger charge is -2.26. The minimum Gasteiger partial charge on any atom is -0.467 e. The van der Waals surface area contributed by atoms with Crippen molar-refractivity contribution in [3.8, 4) is 5.88 Å². The summed E-state index contributed by atoms with van der Waals surface area (Å²) in [7, 11) is -3.68. The zero-order valence-corrected chi connectivity index (χ0v) is 19.7. The van der Waals surface area contributed by atoms with E-state index in [0.29, 0.717) is 43.4 Å². The van der Waals surface area contributed by atoms with Gasteiger partial charge in [0.1, 0.15) is 11.2 Å². The summed E-state index contributed by atoms with van der Waals surface area (Å²) in [6, 6.07) is 4.82. The van der Waals surface area contributed by atoms with Gasteiger partial charge in [0.15, 0.2) is 6.61 Å². The van der Waals surface area contributed by atoms with E-state index in [0.717, 1.165) is 20.7 Å². The van der Waals surface area contributed by atoms with Crippen molar-refractivity contribution in [3.63, 3.8) is 0 Å². The quantitative estimate of drug-likeness (QED) is 0.582. The van der Waals surface area contributed by atoms with E-state index in [2.05, 4.69) is 15.3 Å². The van der Waals surface area contributed by atoms with Crippen LogP contribution >= 0.6 is 11.3 Å². The fourth-order valence-corrected chi connectivity index (χ4v) is 6.12. The molecule has 3 aromatic rings. The maximum Gasteiger partial charge on any atom is 0.262 e. The number of anilines is 1. The summed E-state index contributed by atoms with van der Waals surface area (Å²) in [5, 5.41) is 3.51. The number of nitrogens with one attached hydrogen (secondary N) is 1. The van der Waals surface area contributed by atoms with Gasteiger partial charge in [0.05, 0.1) is 23.5 Å². The van der Waals surface area contributed by atoms with Gasteiger partial charge in [0.2, 0.25) is 15.9 Å². The second kappa shape index (κ2) is 9.10. The van der Waals surface area contributed by atoms with E-state index in [1.807, 2.05) is 13.8 Å². The molecule has 0 radical (unpaired) electrons. The van der Waals surface area contributed by atoms with E-state index in [-0.39, 0.29) is 11.5 Å². The molecule has 0 saturated carbocycles. The molecule has 170 valence electrons. The fourth-order valence-electron chi connectivity index (χ4n) is 3.47. The molecule has 1 aliphatic heterocycles. The third-order valence-electron chi connectivity index (χ3n) is 5.33. The van der Waals surface area contributed by atoms with E-state index in [9.17, 15) is 13.2 Å². The zero-order chi connectivity index (χ0) is 22.9. The van der Waals surface area contributed by atoms with E-state index in [1.165, 1.54) is 16.7 Å². The first kappa shape index (κ1) is 22.6. The standard InChI is InChI=1S/C21H24N4O5S2/c1-13-4-5-16(10-17(13)32(27,28)25-6-8-29-9-7-25)24-18(26)11-30-20-19-14(2)15(3)31-21(19)23-12-22-20/h4-5,10,12H,6-9,11H2,1-3H3,(H,24,26). The number of thiophene rings is 1. The van der Waals surface area contributed by atoms with Crippen LogP contribution in [0.2, 0.25) is 0 Å². The van der Waals surface area contributed by atoms with Gasteiger partial charge >= 0.3 is 0 Å². The highest BCUT2D eigenvalue weighted by molar-refractivity contribution is 7.89. The van der Waals surface area contributed by atoms with Crippen molar-refractivity contribution < 1.29 is 22.7 Å². The van der Waals surface area contributed by atoms with Gasteiger partial charge in [-0.2, -0.15) is 4.31 Å². The van der Waals surface area contributed by atoms with Gasteiger partial charge in [-0.25, -0.2) is 18.4 Å². The predicted octanol–water partition coefficient (Wildman–Crippen LogP) is 2.65. The lowest BCUT2D eigenvalue weighted by Crippen LogP contribution is -2.40. The summed E-state index contributed by atoms with van der Waals surface area (Å²) in [5.74, 6) is -0.0635. The van der Waals surface area contributed by atoms with Crippen LogP contribution in [-0.2, 0) is 19.6 Å². The highest BCUT2D eigenvalue weighted by atomic mass is 32.2. The number of amides is 1. The molecule has 9 nitrogen and oxygen atoms in total. The Hall–Kier alpha value is -2.60. The number of carbonyl (C=O) groups is 1. The van der Waals surface area contributed by atoms with Crippen molar-refractivity contribution >= 4 is 43.2 Å². The average Bonchev–Trinajstić information content (AvgIpc) is 3.08. The second-order valence-corrected chi connectivity index (χ2v) is 10.6. The summed E-state index contributed by atoms with van der Waals surface area (Å²) in [4.78, 5) is 23.0. The number of rotatable bonds is 6. The first-order valence-corrected chi connectivity index (χ1v) is 12.3. The Kier molecular flexibility index (Phi) is 6.42. The lowest BCUT2D eigenvalue weighted by molar-refractivity contribution is -0.118. The number of hydrogen-bond donors (Lipinski definition) is 1. The first-order valence-electron chi connectivity index (χ1n) is 10.1. The van der Waals surface area contributed by atoms with E-state index in [1.54, 1.807) is 30.4 Å². The molecule has 4 rings (SSSR count). The number of aryl methyl sites for hydroxylation is 3. The zero-order valence-electron chi connectivity index (χ0n) is 18.0. The minimum atomic E-state index is -3.68. The first-order chi connectivity index (χ1) is 15.3. The number of sulfonamides is 1. The molecule has 1 amide bonds. The van der Waals surface area contributed by atoms with Crippen LogP contribution in [0.5, 0.6) is 5.88 Å². The third-order valence-corrected chi connectivity index (χ3v) is 8.49. The Morgan fingerprint density at radius 3 is 2.72 bits per heavy atom. The van der Waals surface area contributed by atoms with Gasteiger partial charge in [-0.05, 0) is 44.0 Å². The summed E-state index contributed by atoms with van der Waals surface area (Å²) in [6.45, 7) is 6.78. The van der Waals surface area contributed by atoms with Crippen LogP contribution in [0.25, 0.3) is 10.2 Å². The Bertz CT molecular complexity index is 1270. The predicted molar refractivity (Wildman–Crippen MR) is 122 cm³/mol. The number of ether oxygens (including phenoxy) is 2. The Morgan fingerprint density at radius 1 is 1.22 bits per heavy atom. The van der Waals surface area contributed by atoms with Gasteiger partial charge in [-0.3, -0.25) is 4.79 Å². The van der Waals surface area contributed by atoms with Crippen LogP contribution in [0.15, 0.2) is 29.4 Å². The molecule has 1 aromatic carbocycles. The number of fused-ring (bicyclic) bond motifs is 1. The molecule has 0 spiro atoms. The average molecular weight is 477 g/mol. The van der Waals surface area contributed by atoms with Crippen molar-refractivity contribution in [2.24, 2.45) is 0 Å². The number of carbonyl (C=O) groups excluding carboxylic acids is 1. The molecule has 2 aromatic heterocycles. The van der Waals surface area contributed by atoms with Crippen molar-refractivity contribution in [1.29, 1.82) is 0 Å². The van der Waals surface area contributed by atoms with Crippen molar-refractivity contribution in [2.45, 2.75) is 25.7 Å². The number of benzene rings is 1. The molecule has 1 fully saturated rings. The molecule has 11 heteroatoms. The molecule has 0 aliphatic carbocycles. The topological polar surface area (TPSA) is 111 Å². The minimum absolute atomic E-state index is 0.167. The summed E-state index contributed by atoms with van der Waals surface area (Å²) >= 11 is 1.55. The van der Waals surface area contributed by atoms with Gasteiger partial charge < -0.3 is 14.8 Å².